The molecule has 108 valence electrons. The van der Waals surface area contributed by atoms with E-state index in [9.17, 15) is 19.3 Å². The third-order valence-electron chi connectivity index (χ3n) is 2.85. The molecule has 1 saturated carbocycles. The Morgan fingerprint density at radius 1 is 1.55 bits per heavy atom. The average Bonchev–Trinajstić information content (AvgIpc) is 3.20. The summed E-state index contributed by atoms with van der Waals surface area (Å²) in [5, 5.41) is 16.0. The number of rotatable bonds is 6. The maximum Gasteiger partial charge on any atom is 0.313 e. The molecule has 0 radical (unpaired) electrons. The Balaban J connectivity index is 2.06. The van der Waals surface area contributed by atoms with Crippen molar-refractivity contribution in [2.75, 3.05) is 19.0 Å². The first-order chi connectivity index (χ1) is 9.51. The zero-order valence-electron chi connectivity index (χ0n) is 10.8. The van der Waals surface area contributed by atoms with Gasteiger partial charge in [0.1, 0.15) is 0 Å². The van der Waals surface area contributed by atoms with Gasteiger partial charge in [-0.15, -0.1) is 0 Å². The van der Waals surface area contributed by atoms with Gasteiger partial charge >= 0.3 is 5.69 Å². The number of carbonyl (C=O) groups excluding carboxylic acids is 1. The molecule has 7 nitrogen and oxygen atoms in total. The van der Waals surface area contributed by atoms with Gasteiger partial charge in [-0.3, -0.25) is 14.9 Å². The van der Waals surface area contributed by atoms with E-state index in [-0.39, 0.29) is 29.9 Å². The van der Waals surface area contributed by atoms with Gasteiger partial charge in [-0.1, -0.05) is 0 Å². The number of nitro groups is 1. The lowest BCUT2D eigenvalue weighted by molar-refractivity contribution is -0.385. The molecule has 2 N–H and O–H groups in total. The van der Waals surface area contributed by atoms with E-state index in [1.807, 2.05) is 0 Å². The molecular weight excluding hydrogens is 269 g/mol. The summed E-state index contributed by atoms with van der Waals surface area (Å²) in [5.74, 6) is -1.12. The molecule has 1 aliphatic carbocycles. The second-order valence-electron chi connectivity index (χ2n) is 4.46. The molecule has 0 atom stereocenters. The molecule has 1 fully saturated rings. The highest BCUT2D eigenvalue weighted by Crippen LogP contribution is 2.32. The van der Waals surface area contributed by atoms with Crippen molar-refractivity contribution in [1.82, 2.24) is 5.32 Å². The smallest absolute Gasteiger partial charge is 0.313 e. The zero-order chi connectivity index (χ0) is 14.7. The summed E-state index contributed by atoms with van der Waals surface area (Å²) in [7, 11) is 1.25. The minimum Gasteiger partial charge on any atom is -0.490 e. The molecule has 0 aromatic heterocycles. The van der Waals surface area contributed by atoms with Crippen LogP contribution in [0.4, 0.5) is 15.8 Å². The van der Waals surface area contributed by atoms with Gasteiger partial charge in [0.2, 0.25) is 5.91 Å². The summed E-state index contributed by atoms with van der Waals surface area (Å²) in [6.07, 6.45) is 1.93. The largest absolute Gasteiger partial charge is 0.490 e. The molecular formula is C12H14FN3O4. The van der Waals surface area contributed by atoms with Crippen LogP contribution in [0.25, 0.3) is 0 Å². The summed E-state index contributed by atoms with van der Waals surface area (Å²) >= 11 is 0. The van der Waals surface area contributed by atoms with Gasteiger partial charge in [0.05, 0.1) is 30.3 Å². The number of carbonyl (C=O) groups is 1. The molecule has 0 unspecified atom stereocenters. The summed E-state index contributed by atoms with van der Waals surface area (Å²) in [6.45, 7) is -0.103. The van der Waals surface area contributed by atoms with Crippen molar-refractivity contribution < 1.29 is 18.8 Å². The quantitative estimate of drug-likeness (QED) is 0.608. The van der Waals surface area contributed by atoms with Gasteiger partial charge in [0, 0.05) is 12.1 Å². The van der Waals surface area contributed by atoms with E-state index < -0.39 is 16.4 Å². The highest BCUT2D eigenvalue weighted by Gasteiger charge is 2.23. The maximum atomic E-state index is 13.7. The number of halogens is 1. The Labute approximate surface area is 114 Å². The molecule has 2 rings (SSSR count). The van der Waals surface area contributed by atoms with Crippen molar-refractivity contribution in [3.05, 3.63) is 28.1 Å². The predicted octanol–water partition coefficient (Wildman–Crippen LogP) is 1.43. The minimum atomic E-state index is -0.809. The minimum absolute atomic E-state index is 0.0154. The molecule has 0 heterocycles. The lowest BCUT2D eigenvalue weighted by Gasteiger charge is -2.10. The lowest BCUT2D eigenvalue weighted by Crippen LogP contribution is -2.31. The van der Waals surface area contributed by atoms with Gasteiger partial charge < -0.3 is 15.4 Å². The van der Waals surface area contributed by atoms with Crippen LogP contribution in [-0.2, 0) is 4.79 Å². The number of ether oxygens (including phenoxy) is 1. The van der Waals surface area contributed by atoms with E-state index in [4.69, 9.17) is 4.74 Å². The number of nitro benzene ring substituents is 1. The molecule has 0 saturated heterocycles. The number of hydrogen-bond donors (Lipinski definition) is 2. The van der Waals surface area contributed by atoms with Crippen LogP contribution in [-0.4, -0.2) is 30.5 Å². The molecule has 8 heteroatoms. The van der Waals surface area contributed by atoms with Gasteiger partial charge in [0.25, 0.3) is 0 Å². The number of benzene rings is 1. The SMILES string of the molecule is COc1cc(NCC(=O)NC2CC2)c(F)cc1[N+](=O)[O-]. The number of nitrogens with zero attached hydrogens (tertiary/aromatic N) is 1. The third kappa shape index (κ3) is 3.34. The summed E-state index contributed by atoms with van der Waals surface area (Å²) < 4.78 is 18.5. The van der Waals surface area contributed by atoms with Crippen LogP contribution >= 0.6 is 0 Å². The van der Waals surface area contributed by atoms with Crippen LogP contribution < -0.4 is 15.4 Å². The van der Waals surface area contributed by atoms with Crippen molar-refractivity contribution in [3.63, 3.8) is 0 Å². The van der Waals surface area contributed by atoms with Crippen LogP contribution in [0.15, 0.2) is 12.1 Å². The Morgan fingerprint density at radius 3 is 2.80 bits per heavy atom. The topological polar surface area (TPSA) is 93.5 Å². The zero-order valence-corrected chi connectivity index (χ0v) is 10.8. The second kappa shape index (κ2) is 5.72. The van der Waals surface area contributed by atoms with Crippen LogP contribution in [0.1, 0.15) is 12.8 Å². The maximum absolute atomic E-state index is 13.7. The average molecular weight is 283 g/mol. The Morgan fingerprint density at radius 2 is 2.25 bits per heavy atom. The normalized spacial score (nSPS) is 13.7. The molecule has 1 aliphatic rings. The fourth-order valence-corrected chi connectivity index (χ4v) is 1.67. The number of amides is 1. The number of anilines is 1. The van der Waals surface area contributed by atoms with Crippen molar-refractivity contribution in [2.45, 2.75) is 18.9 Å². The van der Waals surface area contributed by atoms with Crippen LogP contribution in [0.3, 0.4) is 0 Å². The van der Waals surface area contributed by atoms with Crippen molar-refractivity contribution in [2.24, 2.45) is 0 Å². The van der Waals surface area contributed by atoms with Crippen LogP contribution in [0.5, 0.6) is 5.75 Å². The Hall–Kier alpha value is -2.38. The van der Waals surface area contributed by atoms with Crippen LogP contribution in [0.2, 0.25) is 0 Å². The Bertz CT molecular complexity index is 546. The van der Waals surface area contributed by atoms with Gasteiger partial charge in [0.15, 0.2) is 11.6 Å². The molecule has 0 spiro atoms. The van der Waals surface area contributed by atoms with Crippen molar-refractivity contribution in [1.29, 1.82) is 0 Å². The second-order valence-corrected chi connectivity index (χ2v) is 4.46. The predicted molar refractivity (Wildman–Crippen MR) is 69.3 cm³/mol. The first kappa shape index (κ1) is 14.0. The highest BCUT2D eigenvalue weighted by atomic mass is 19.1. The van der Waals surface area contributed by atoms with E-state index >= 15 is 0 Å². The number of hydrogen-bond acceptors (Lipinski definition) is 5. The summed E-state index contributed by atoms with van der Waals surface area (Å²) in [6, 6.07) is 2.15. The van der Waals surface area contributed by atoms with E-state index in [1.165, 1.54) is 7.11 Å². The number of nitrogens with one attached hydrogen (secondary N) is 2. The molecule has 0 bridgehead atoms. The summed E-state index contributed by atoms with van der Waals surface area (Å²) in [4.78, 5) is 21.5. The van der Waals surface area contributed by atoms with E-state index in [2.05, 4.69) is 10.6 Å². The third-order valence-corrected chi connectivity index (χ3v) is 2.85. The van der Waals surface area contributed by atoms with Crippen LogP contribution in [0, 0.1) is 15.9 Å². The van der Waals surface area contributed by atoms with Crippen molar-refractivity contribution >= 4 is 17.3 Å². The van der Waals surface area contributed by atoms with Gasteiger partial charge in [-0.2, -0.15) is 0 Å². The molecule has 1 amide bonds. The number of methoxy groups -OCH3 is 1. The highest BCUT2D eigenvalue weighted by molar-refractivity contribution is 5.81. The fourth-order valence-electron chi connectivity index (χ4n) is 1.67. The van der Waals surface area contributed by atoms with E-state index in [0.717, 1.165) is 25.0 Å². The molecule has 20 heavy (non-hydrogen) atoms. The standard InChI is InChI=1S/C12H14FN3O4/c1-20-11-5-9(8(13)4-10(11)16(18)19)14-6-12(17)15-7-2-3-7/h4-5,7,14H,2-3,6H2,1H3,(H,15,17). The summed E-state index contributed by atoms with van der Waals surface area (Å²) in [5.41, 5.74) is -0.476. The van der Waals surface area contributed by atoms with E-state index in [0.29, 0.717) is 0 Å². The first-order valence-corrected chi connectivity index (χ1v) is 6.06. The van der Waals surface area contributed by atoms with E-state index in [1.54, 1.807) is 0 Å². The van der Waals surface area contributed by atoms with Gasteiger partial charge in [-0.25, -0.2) is 4.39 Å². The Kier molecular flexibility index (Phi) is 4.02. The van der Waals surface area contributed by atoms with Gasteiger partial charge in [-0.05, 0) is 12.8 Å². The molecule has 1 aromatic carbocycles. The molecule has 0 aliphatic heterocycles. The monoisotopic (exact) mass is 283 g/mol. The lowest BCUT2D eigenvalue weighted by atomic mass is 10.2. The van der Waals surface area contributed by atoms with Crippen molar-refractivity contribution in [3.8, 4) is 5.75 Å². The molecule has 1 aromatic rings. The fraction of sp³-hybridized carbons (Fsp3) is 0.417. The first-order valence-electron chi connectivity index (χ1n) is 6.06.